The van der Waals surface area contributed by atoms with Gasteiger partial charge in [0.05, 0.1) is 13.1 Å². The van der Waals surface area contributed by atoms with Crippen LogP contribution in [0.15, 0.2) is 35.0 Å². The fourth-order valence-corrected chi connectivity index (χ4v) is 1.33. The second kappa shape index (κ2) is 4.11. The third-order valence-electron chi connectivity index (χ3n) is 1.95. The van der Waals surface area contributed by atoms with Gasteiger partial charge in [-0.1, -0.05) is 0 Å². The van der Waals surface area contributed by atoms with Gasteiger partial charge in [-0.2, -0.15) is 5.10 Å². The Kier molecular flexibility index (Phi) is 2.65. The van der Waals surface area contributed by atoms with Gasteiger partial charge in [-0.15, -0.1) is 0 Å². The third kappa shape index (κ3) is 2.03. The lowest BCUT2D eigenvalue weighted by Crippen LogP contribution is -2.03. The molecular weight excluding hydrogens is 178 g/mol. The lowest BCUT2D eigenvalue weighted by atomic mass is 10.4. The smallest absolute Gasteiger partial charge is 0.125 e. The van der Waals surface area contributed by atoms with E-state index < -0.39 is 0 Å². The maximum Gasteiger partial charge on any atom is 0.125 e. The highest BCUT2D eigenvalue weighted by Crippen LogP contribution is 2.08. The summed E-state index contributed by atoms with van der Waals surface area (Å²) in [5, 5.41) is 7.15. The number of hydrogen-bond acceptors (Lipinski definition) is 3. The van der Waals surface area contributed by atoms with E-state index >= 15 is 0 Å². The van der Waals surface area contributed by atoms with Gasteiger partial charge in [-0.05, 0) is 25.2 Å². The Morgan fingerprint density at radius 2 is 2.29 bits per heavy atom. The molecule has 2 aromatic heterocycles. The lowest BCUT2D eigenvalue weighted by molar-refractivity contribution is 0.436. The van der Waals surface area contributed by atoms with E-state index in [-0.39, 0.29) is 0 Å². The first-order chi connectivity index (χ1) is 6.88. The predicted octanol–water partition coefficient (Wildman–Crippen LogP) is 1.24. The predicted molar refractivity (Wildman–Crippen MR) is 52.8 cm³/mol. The highest BCUT2D eigenvalue weighted by molar-refractivity contribution is 5.07. The number of hydrogen-bond donors (Lipinski definition) is 1. The summed E-state index contributed by atoms with van der Waals surface area (Å²) in [7, 11) is 1.90. The minimum atomic E-state index is 0.691. The van der Waals surface area contributed by atoms with E-state index in [1.807, 2.05) is 36.1 Å². The first-order valence-corrected chi connectivity index (χ1v) is 4.58. The van der Waals surface area contributed by atoms with Crippen molar-refractivity contribution in [2.75, 3.05) is 7.05 Å². The minimum Gasteiger partial charge on any atom is -0.463 e. The van der Waals surface area contributed by atoms with Crippen molar-refractivity contribution in [2.45, 2.75) is 13.1 Å². The molecule has 0 radical (unpaired) electrons. The normalized spacial score (nSPS) is 10.6. The van der Waals surface area contributed by atoms with Crippen LogP contribution in [-0.2, 0) is 13.1 Å². The van der Waals surface area contributed by atoms with Crippen LogP contribution in [0, 0.1) is 0 Å². The number of furan rings is 1. The standard InChI is InChI=1S/C10H13N3O/c1-11-7-9-3-4-10(14-9)8-13-6-2-5-12-13/h2-6,11H,7-8H2,1H3. The summed E-state index contributed by atoms with van der Waals surface area (Å²) >= 11 is 0. The van der Waals surface area contributed by atoms with E-state index in [9.17, 15) is 0 Å². The van der Waals surface area contributed by atoms with Gasteiger partial charge >= 0.3 is 0 Å². The number of nitrogens with zero attached hydrogens (tertiary/aromatic N) is 2. The molecule has 14 heavy (non-hydrogen) atoms. The molecule has 4 nitrogen and oxygen atoms in total. The van der Waals surface area contributed by atoms with Crippen molar-refractivity contribution in [3.05, 3.63) is 42.1 Å². The van der Waals surface area contributed by atoms with E-state index in [1.165, 1.54) is 0 Å². The molecule has 0 aliphatic heterocycles. The second-order valence-corrected chi connectivity index (χ2v) is 3.10. The van der Waals surface area contributed by atoms with Crippen molar-refractivity contribution in [3.63, 3.8) is 0 Å². The molecule has 2 aromatic rings. The van der Waals surface area contributed by atoms with Crippen LogP contribution in [0.25, 0.3) is 0 Å². The Hall–Kier alpha value is -1.55. The van der Waals surface area contributed by atoms with E-state index in [0.717, 1.165) is 18.1 Å². The Labute approximate surface area is 82.5 Å². The molecule has 0 aliphatic rings. The molecule has 0 unspecified atom stereocenters. The molecule has 0 atom stereocenters. The van der Waals surface area contributed by atoms with Crippen molar-refractivity contribution >= 4 is 0 Å². The molecular formula is C10H13N3O. The third-order valence-corrected chi connectivity index (χ3v) is 1.95. The summed E-state index contributed by atoms with van der Waals surface area (Å²) in [5.74, 6) is 1.88. The SMILES string of the molecule is CNCc1ccc(Cn2cccn2)o1. The average molecular weight is 191 g/mol. The van der Waals surface area contributed by atoms with Crippen molar-refractivity contribution in [1.82, 2.24) is 15.1 Å². The lowest BCUT2D eigenvalue weighted by Gasteiger charge is -1.97. The average Bonchev–Trinajstić information content (AvgIpc) is 2.79. The number of nitrogens with one attached hydrogen (secondary N) is 1. The maximum absolute atomic E-state index is 5.57. The summed E-state index contributed by atoms with van der Waals surface area (Å²) in [6, 6.07) is 5.86. The molecule has 0 aromatic carbocycles. The molecule has 2 rings (SSSR count). The molecule has 2 heterocycles. The van der Waals surface area contributed by atoms with Crippen LogP contribution in [0.1, 0.15) is 11.5 Å². The first-order valence-electron chi connectivity index (χ1n) is 4.58. The quantitative estimate of drug-likeness (QED) is 0.790. The van der Waals surface area contributed by atoms with Crippen LogP contribution < -0.4 is 5.32 Å². The van der Waals surface area contributed by atoms with E-state index in [0.29, 0.717) is 6.54 Å². The summed E-state index contributed by atoms with van der Waals surface area (Å²) in [5.41, 5.74) is 0. The minimum absolute atomic E-state index is 0.691. The van der Waals surface area contributed by atoms with Gasteiger partial charge in [0.15, 0.2) is 0 Å². The largest absolute Gasteiger partial charge is 0.463 e. The second-order valence-electron chi connectivity index (χ2n) is 3.10. The van der Waals surface area contributed by atoms with Crippen molar-refractivity contribution in [1.29, 1.82) is 0 Å². The monoisotopic (exact) mass is 191 g/mol. The highest BCUT2D eigenvalue weighted by Gasteiger charge is 2.01. The van der Waals surface area contributed by atoms with Crippen LogP contribution in [-0.4, -0.2) is 16.8 Å². The maximum atomic E-state index is 5.57. The molecule has 0 spiro atoms. The summed E-state index contributed by atoms with van der Waals surface area (Å²) in [6.45, 7) is 1.45. The van der Waals surface area contributed by atoms with Crippen molar-refractivity contribution < 1.29 is 4.42 Å². The summed E-state index contributed by atoms with van der Waals surface area (Å²) in [6.07, 6.45) is 3.68. The molecule has 1 N–H and O–H groups in total. The van der Waals surface area contributed by atoms with E-state index in [2.05, 4.69) is 10.4 Å². The molecule has 0 aliphatic carbocycles. The van der Waals surface area contributed by atoms with Gasteiger partial charge in [-0.25, -0.2) is 0 Å². The first kappa shape index (κ1) is 9.02. The fourth-order valence-electron chi connectivity index (χ4n) is 1.33. The molecule has 0 amide bonds. The van der Waals surface area contributed by atoms with Crippen molar-refractivity contribution in [2.24, 2.45) is 0 Å². The van der Waals surface area contributed by atoms with Gasteiger partial charge < -0.3 is 9.73 Å². The highest BCUT2D eigenvalue weighted by atomic mass is 16.3. The van der Waals surface area contributed by atoms with Gasteiger partial charge in [0.1, 0.15) is 11.5 Å². The number of rotatable bonds is 4. The van der Waals surface area contributed by atoms with Gasteiger partial charge in [0.25, 0.3) is 0 Å². The van der Waals surface area contributed by atoms with Crippen LogP contribution in [0.5, 0.6) is 0 Å². The topological polar surface area (TPSA) is 43.0 Å². The fraction of sp³-hybridized carbons (Fsp3) is 0.300. The van der Waals surface area contributed by atoms with Crippen LogP contribution in [0.4, 0.5) is 0 Å². The summed E-state index contributed by atoms with van der Waals surface area (Å²) < 4.78 is 7.41. The molecule has 0 fully saturated rings. The Bertz CT molecular complexity index is 378. The summed E-state index contributed by atoms with van der Waals surface area (Å²) in [4.78, 5) is 0. The van der Waals surface area contributed by atoms with Gasteiger partial charge in [0.2, 0.25) is 0 Å². The zero-order valence-electron chi connectivity index (χ0n) is 8.10. The molecule has 4 heteroatoms. The molecule has 74 valence electrons. The molecule has 0 bridgehead atoms. The zero-order chi connectivity index (χ0) is 9.80. The van der Waals surface area contributed by atoms with Crippen LogP contribution in [0.2, 0.25) is 0 Å². The molecule has 0 saturated carbocycles. The Balaban J connectivity index is 2.03. The Morgan fingerprint density at radius 3 is 3.00 bits per heavy atom. The van der Waals surface area contributed by atoms with E-state index in [4.69, 9.17) is 4.42 Å². The number of aromatic nitrogens is 2. The Morgan fingerprint density at radius 1 is 1.43 bits per heavy atom. The van der Waals surface area contributed by atoms with Gasteiger partial charge in [-0.3, -0.25) is 4.68 Å². The van der Waals surface area contributed by atoms with E-state index in [1.54, 1.807) is 6.20 Å². The molecule has 0 saturated heterocycles. The van der Waals surface area contributed by atoms with Crippen molar-refractivity contribution in [3.8, 4) is 0 Å². The zero-order valence-corrected chi connectivity index (χ0v) is 8.10. The van der Waals surface area contributed by atoms with Gasteiger partial charge in [0, 0.05) is 12.4 Å². The van der Waals surface area contributed by atoms with Crippen LogP contribution in [0.3, 0.4) is 0 Å². The van der Waals surface area contributed by atoms with Crippen LogP contribution >= 0.6 is 0 Å².